The first kappa shape index (κ1) is 10.1. The first-order chi connectivity index (χ1) is 6.15. The highest BCUT2D eigenvalue weighted by atomic mass is 32.2. The van der Waals surface area contributed by atoms with Crippen LogP contribution in [0.25, 0.3) is 0 Å². The summed E-state index contributed by atoms with van der Waals surface area (Å²) in [6, 6.07) is 6.24. The number of thiocarbonyl (C=S) groups is 1. The summed E-state index contributed by atoms with van der Waals surface area (Å²) in [7, 11) is 0. The fourth-order valence-corrected chi connectivity index (χ4v) is 1.34. The van der Waals surface area contributed by atoms with Crippen LogP contribution in [0.3, 0.4) is 0 Å². The molecule has 1 aromatic rings. The summed E-state index contributed by atoms with van der Waals surface area (Å²) < 4.78 is 0.745. The van der Waals surface area contributed by atoms with Crippen LogP contribution in [0.4, 0.5) is 5.69 Å². The lowest BCUT2D eigenvalue weighted by Gasteiger charge is -1.98. The summed E-state index contributed by atoms with van der Waals surface area (Å²) in [6.07, 6.45) is 1.88. The van der Waals surface area contributed by atoms with E-state index in [0.29, 0.717) is 0 Å². The third-order valence-corrected chi connectivity index (χ3v) is 2.84. The van der Waals surface area contributed by atoms with Crippen LogP contribution in [0, 0.1) is 10.1 Å². The van der Waals surface area contributed by atoms with Gasteiger partial charge in [0, 0.05) is 12.1 Å². The fourth-order valence-electron chi connectivity index (χ4n) is 0.837. The maximum Gasteiger partial charge on any atom is 0.269 e. The highest BCUT2D eigenvalue weighted by molar-refractivity contribution is 8.23. The Kier molecular flexibility index (Phi) is 3.39. The van der Waals surface area contributed by atoms with Gasteiger partial charge in [0.25, 0.3) is 5.69 Å². The largest absolute Gasteiger partial charge is 0.269 e. The number of thioether (sulfide) groups is 1. The SMILES string of the molecule is CSC(=S)c1ccc([N+](=O)[O-])cc1. The molecule has 0 atom stereocenters. The number of nitro groups is 1. The van der Waals surface area contributed by atoms with E-state index in [2.05, 4.69) is 0 Å². The van der Waals surface area contributed by atoms with Crippen molar-refractivity contribution in [2.24, 2.45) is 0 Å². The molecule has 1 aromatic carbocycles. The van der Waals surface area contributed by atoms with E-state index < -0.39 is 4.92 Å². The third-order valence-electron chi connectivity index (χ3n) is 1.50. The maximum absolute atomic E-state index is 10.3. The second kappa shape index (κ2) is 4.34. The Bertz CT molecular complexity index is 335. The lowest BCUT2D eigenvalue weighted by Crippen LogP contribution is -1.92. The van der Waals surface area contributed by atoms with Crippen molar-refractivity contribution in [1.82, 2.24) is 0 Å². The molecule has 0 fully saturated rings. The zero-order valence-electron chi connectivity index (χ0n) is 6.89. The summed E-state index contributed by atoms with van der Waals surface area (Å²) in [5, 5.41) is 10.3. The van der Waals surface area contributed by atoms with E-state index in [4.69, 9.17) is 12.2 Å². The number of hydrogen-bond acceptors (Lipinski definition) is 4. The van der Waals surface area contributed by atoms with E-state index in [1.165, 1.54) is 23.9 Å². The van der Waals surface area contributed by atoms with Crippen LogP contribution >= 0.6 is 24.0 Å². The normalized spacial score (nSPS) is 9.62. The molecule has 0 bridgehead atoms. The third kappa shape index (κ3) is 2.50. The number of non-ortho nitro benzene ring substituents is 1. The van der Waals surface area contributed by atoms with Crippen LogP contribution in [-0.2, 0) is 0 Å². The number of nitrogens with zero attached hydrogens (tertiary/aromatic N) is 1. The highest BCUT2D eigenvalue weighted by Gasteiger charge is 2.05. The Labute approximate surface area is 85.3 Å². The Morgan fingerprint density at radius 2 is 2.00 bits per heavy atom. The summed E-state index contributed by atoms with van der Waals surface area (Å²) in [6.45, 7) is 0. The van der Waals surface area contributed by atoms with Gasteiger partial charge in [-0.2, -0.15) is 0 Å². The van der Waals surface area contributed by atoms with Crippen molar-refractivity contribution >= 4 is 33.9 Å². The van der Waals surface area contributed by atoms with E-state index in [0.717, 1.165) is 9.76 Å². The van der Waals surface area contributed by atoms with Crippen LogP contribution in [0.2, 0.25) is 0 Å². The summed E-state index contributed by atoms with van der Waals surface area (Å²) in [4.78, 5) is 9.89. The second-order valence-electron chi connectivity index (χ2n) is 2.30. The first-order valence-corrected chi connectivity index (χ1v) is 5.11. The molecule has 0 radical (unpaired) electrons. The van der Waals surface area contributed by atoms with Gasteiger partial charge in [-0.25, -0.2) is 0 Å². The number of hydrogen-bond donors (Lipinski definition) is 0. The van der Waals surface area contributed by atoms with Crippen LogP contribution < -0.4 is 0 Å². The zero-order chi connectivity index (χ0) is 9.84. The van der Waals surface area contributed by atoms with Crippen LogP contribution in [-0.4, -0.2) is 15.4 Å². The van der Waals surface area contributed by atoms with Gasteiger partial charge in [-0.15, -0.1) is 11.8 Å². The lowest BCUT2D eigenvalue weighted by atomic mass is 10.2. The molecule has 0 aliphatic rings. The molecule has 0 saturated heterocycles. The van der Waals surface area contributed by atoms with Crippen LogP contribution in [0.1, 0.15) is 5.56 Å². The number of nitro benzene ring substituents is 1. The minimum Gasteiger partial charge on any atom is -0.258 e. The van der Waals surface area contributed by atoms with Gasteiger partial charge in [0.1, 0.15) is 0 Å². The summed E-state index contributed by atoms with van der Waals surface area (Å²) in [5.74, 6) is 0. The van der Waals surface area contributed by atoms with Crippen molar-refractivity contribution in [3.63, 3.8) is 0 Å². The molecular formula is C8H7NO2S2. The van der Waals surface area contributed by atoms with Crippen molar-refractivity contribution in [2.75, 3.05) is 6.26 Å². The molecule has 68 valence electrons. The Balaban J connectivity index is 2.93. The maximum atomic E-state index is 10.3. The summed E-state index contributed by atoms with van der Waals surface area (Å²) in [5.41, 5.74) is 0.945. The first-order valence-electron chi connectivity index (χ1n) is 3.48. The molecule has 0 unspecified atom stereocenters. The highest BCUT2D eigenvalue weighted by Crippen LogP contribution is 2.16. The Hall–Kier alpha value is -0.940. The van der Waals surface area contributed by atoms with E-state index in [-0.39, 0.29) is 5.69 Å². The van der Waals surface area contributed by atoms with Gasteiger partial charge in [0.2, 0.25) is 0 Å². The average Bonchev–Trinajstić information content (AvgIpc) is 2.17. The predicted molar refractivity (Wildman–Crippen MR) is 58.3 cm³/mol. The van der Waals surface area contributed by atoms with Gasteiger partial charge in [0.05, 0.1) is 9.12 Å². The number of rotatable bonds is 2. The van der Waals surface area contributed by atoms with Crippen molar-refractivity contribution in [2.45, 2.75) is 0 Å². The van der Waals surface area contributed by atoms with Gasteiger partial charge in [0.15, 0.2) is 0 Å². The van der Waals surface area contributed by atoms with E-state index in [1.54, 1.807) is 12.1 Å². The molecule has 5 heteroatoms. The molecule has 0 spiro atoms. The predicted octanol–water partition coefficient (Wildman–Crippen LogP) is 2.63. The van der Waals surface area contributed by atoms with Crippen molar-refractivity contribution in [1.29, 1.82) is 0 Å². The minimum absolute atomic E-state index is 0.0904. The monoisotopic (exact) mass is 213 g/mol. The van der Waals surface area contributed by atoms with E-state index >= 15 is 0 Å². The molecule has 3 nitrogen and oxygen atoms in total. The standard InChI is InChI=1S/C8H7NO2S2/c1-13-8(12)6-2-4-7(5-3-6)9(10)11/h2-5H,1H3. The molecule has 0 aliphatic carbocycles. The molecule has 0 heterocycles. The minimum atomic E-state index is -0.425. The van der Waals surface area contributed by atoms with Crippen molar-refractivity contribution < 1.29 is 4.92 Å². The molecule has 0 amide bonds. The van der Waals surface area contributed by atoms with E-state index in [9.17, 15) is 10.1 Å². The quantitative estimate of drug-likeness (QED) is 0.430. The molecule has 0 aliphatic heterocycles. The topological polar surface area (TPSA) is 43.1 Å². The molecule has 0 N–H and O–H groups in total. The van der Waals surface area contributed by atoms with Gasteiger partial charge in [-0.1, -0.05) is 12.2 Å². The fraction of sp³-hybridized carbons (Fsp3) is 0.125. The molecular weight excluding hydrogens is 206 g/mol. The van der Waals surface area contributed by atoms with Gasteiger partial charge in [-0.05, 0) is 24.0 Å². The number of benzene rings is 1. The van der Waals surface area contributed by atoms with Gasteiger partial charge < -0.3 is 0 Å². The smallest absolute Gasteiger partial charge is 0.258 e. The van der Waals surface area contributed by atoms with Gasteiger partial charge >= 0.3 is 0 Å². The van der Waals surface area contributed by atoms with Crippen molar-refractivity contribution in [3.05, 3.63) is 39.9 Å². The summed E-state index contributed by atoms with van der Waals surface area (Å²) >= 11 is 6.48. The Morgan fingerprint density at radius 1 is 1.46 bits per heavy atom. The molecule has 1 rings (SSSR count). The van der Waals surface area contributed by atoms with Crippen molar-refractivity contribution in [3.8, 4) is 0 Å². The Morgan fingerprint density at radius 3 is 2.38 bits per heavy atom. The molecule has 0 saturated carbocycles. The molecule has 13 heavy (non-hydrogen) atoms. The van der Waals surface area contributed by atoms with Gasteiger partial charge in [-0.3, -0.25) is 10.1 Å². The zero-order valence-corrected chi connectivity index (χ0v) is 8.52. The average molecular weight is 213 g/mol. The lowest BCUT2D eigenvalue weighted by molar-refractivity contribution is -0.384. The van der Waals surface area contributed by atoms with E-state index in [1.807, 2.05) is 6.26 Å². The van der Waals surface area contributed by atoms with Crippen LogP contribution in [0.5, 0.6) is 0 Å². The molecule has 0 aromatic heterocycles. The second-order valence-corrected chi connectivity index (χ2v) is 3.78. The van der Waals surface area contributed by atoms with Crippen LogP contribution in [0.15, 0.2) is 24.3 Å².